The molecule has 0 radical (unpaired) electrons. The molecule has 0 bridgehead atoms. The number of aliphatic imine (C=N–C) groups is 1. The minimum Gasteiger partial charge on any atom is -0.477 e. The fraction of sp³-hybridized carbons (Fsp3) is 0.273. The molecular weight excluding hydrogens is 397 g/mol. The molecule has 2 heterocycles. The fourth-order valence-corrected chi connectivity index (χ4v) is 3.51. The highest BCUT2D eigenvalue weighted by atomic mass is 19.4. The van der Waals surface area contributed by atoms with Crippen molar-refractivity contribution in [3.63, 3.8) is 0 Å². The number of nitrogens with zero attached hydrogens (tertiary/aromatic N) is 2. The van der Waals surface area contributed by atoms with Crippen LogP contribution in [0.5, 0.6) is 0 Å². The Morgan fingerprint density at radius 3 is 2.73 bits per heavy atom. The van der Waals surface area contributed by atoms with E-state index in [0.29, 0.717) is 28.6 Å². The van der Waals surface area contributed by atoms with Gasteiger partial charge in [0.2, 0.25) is 5.90 Å². The third-order valence-electron chi connectivity index (χ3n) is 4.80. The Morgan fingerprint density at radius 1 is 1.33 bits per heavy atom. The Hall–Kier alpha value is -3.47. The minimum atomic E-state index is -4.49. The number of rotatable bonds is 4. The van der Waals surface area contributed by atoms with E-state index in [2.05, 4.69) is 17.1 Å². The molecule has 1 aliphatic heterocycles. The molecule has 2 aromatic carbocycles. The van der Waals surface area contributed by atoms with Gasteiger partial charge in [-0.1, -0.05) is 18.2 Å². The van der Waals surface area contributed by atoms with Gasteiger partial charge in [0.1, 0.15) is 17.8 Å². The number of halogens is 3. The molecule has 0 saturated heterocycles. The highest BCUT2D eigenvalue weighted by Crippen LogP contribution is 2.33. The number of alkyl halides is 3. The molecule has 0 unspecified atom stereocenters. The smallest absolute Gasteiger partial charge is 0.416 e. The van der Waals surface area contributed by atoms with E-state index >= 15 is 0 Å². The van der Waals surface area contributed by atoms with Crippen molar-refractivity contribution in [1.82, 2.24) is 4.57 Å². The molecule has 1 aliphatic rings. The second kappa shape index (κ2) is 6.80. The lowest BCUT2D eigenvalue weighted by Crippen LogP contribution is -2.17. The van der Waals surface area contributed by atoms with Crippen LogP contribution in [0.1, 0.15) is 41.0 Å². The van der Waals surface area contributed by atoms with Gasteiger partial charge in [-0.2, -0.15) is 13.2 Å². The lowest BCUT2D eigenvalue weighted by Gasteiger charge is -2.11. The summed E-state index contributed by atoms with van der Waals surface area (Å²) in [5.74, 6) is -1.04. The first kappa shape index (κ1) is 19.8. The second-order valence-corrected chi connectivity index (χ2v) is 7.70. The second-order valence-electron chi connectivity index (χ2n) is 7.70. The van der Waals surface area contributed by atoms with Crippen LogP contribution in [0, 0.1) is 12.1 Å². The van der Waals surface area contributed by atoms with Crippen LogP contribution >= 0.6 is 0 Å². The number of aromatic nitrogens is 1. The summed E-state index contributed by atoms with van der Waals surface area (Å²) >= 11 is 0. The SMILES string of the molecule is CC1(C)COC(c2c(C(=O)O)n(Cc3cccc(C(F)(F)F)c3)c3c#cccc23)=N1. The number of benzene rings is 1. The van der Waals surface area contributed by atoms with Gasteiger partial charge in [0.05, 0.1) is 16.7 Å². The van der Waals surface area contributed by atoms with Crippen LogP contribution in [-0.4, -0.2) is 33.7 Å². The molecule has 1 N–H and O–H groups in total. The molecule has 0 spiro atoms. The third kappa shape index (κ3) is 3.47. The summed E-state index contributed by atoms with van der Waals surface area (Å²) in [4.78, 5) is 16.7. The van der Waals surface area contributed by atoms with Gasteiger partial charge >= 0.3 is 12.1 Å². The Balaban J connectivity index is 1.91. The predicted molar refractivity (Wildman–Crippen MR) is 104 cm³/mol. The molecule has 0 fully saturated rings. The molecule has 4 rings (SSSR count). The molecule has 0 aliphatic carbocycles. The summed E-state index contributed by atoms with van der Waals surface area (Å²) in [5.41, 5.74) is -0.420. The van der Waals surface area contributed by atoms with Crippen molar-refractivity contribution in [3.8, 4) is 0 Å². The molecule has 154 valence electrons. The lowest BCUT2D eigenvalue weighted by molar-refractivity contribution is -0.137. The molecule has 1 aromatic heterocycles. The first-order chi connectivity index (χ1) is 14.1. The van der Waals surface area contributed by atoms with Crippen molar-refractivity contribution < 1.29 is 27.8 Å². The summed E-state index contributed by atoms with van der Waals surface area (Å²) in [5, 5.41) is 10.5. The largest absolute Gasteiger partial charge is 0.477 e. The maximum atomic E-state index is 13.1. The molecule has 30 heavy (non-hydrogen) atoms. The zero-order chi connectivity index (χ0) is 21.7. The van der Waals surface area contributed by atoms with Crippen molar-refractivity contribution in [2.24, 2.45) is 4.99 Å². The van der Waals surface area contributed by atoms with E-state index in [1.54, 1.807) is 12.1 Å². The van der Waals surface area contributed by atoms with Crippen LogP contribution in [0.25, 0.3) is 10.9 Å². The Morgan fingerprint density at radius 2 is 2.10 bits per heavy atom. The standard InChI is InChI=1S/C22H17F3N2O3/c1-21(2)12-30-19(26-21)17-15-8-3-4-9-16(15)27(18(17)20(28)29)11-13-6-5-7-14(10-13)22(23,24)25/h3,5-8,10H,11-12H2,1-2H3,(H,28,29). The van der Waals surface area contributed by atoms with Crippen molar-refractivity contribution >= 4 is 22.8 Å². The molecule has 0 saturated carbocycles. The van der Waals surface area contributed by atoms with Crippen LogP contribution in [0.3, 0.4) is 0 Å². The summed E-state index contributed by atoms with van der Waals surface area (Å²) in [7, 11) is 0. The Kier molecular flexibility index (Phi) is 4.49. The topological polar surface area (TPSA) is 63.8 Å². The van der Waals surface area contributed by atoms with Crippen LogP contribution < -0.4 is 0 Å². The minimum absolute atomic E-state index is 0.0902. The van der Waals surface area contributed by atoms with E-state index in [1.165, 1.54) is 16.7 Å². The Labute approximate surface area is 170 Å². The van der Waals surface area contributed by atoms with Crippen molar-refractivity contribution in [1.29, 1.82) is 0 Å². The van der Waals surface area contributed by atoms with E-state index in [4.69, 9.17) is 4.74 Å². The molecule has 8 heteroatoms. The van der Waals surface area contributed by atoms with Crippen LogP contribution in [0.2, 0.25) is 0 Å². The zero-order valence-corrected chi connectivity index (χ0v) is 16.2. The number of carboxylic acids is 1. The van der Waals surface area contributed by atoms with Gasteiger partial charge < -0.3 is 14.4 Å². The van der Waals surface area contributed by atoms with E-state index in [0.717, 1.165) is 12.1 Å². The molecule has 0 atom stereocenters. The van der Waals surface area contributed by atoms with Gasteiger partial charge in [-0.15, -0.1) is 0 Å². The van der Waals surface area contributed by atoms with Crippen molar-refractivity contribution in [2.45, 2.75) is 32.1 Å². The van der Waals surface area contributed by atoms with E-state index < -0.39 is 23.2 Å². The number of carbonyl (C=O) groups is 1. The first-order valence-corrected chi connectivity index (χ1v) is 9.14. The fourth-order valence-electron chi connectivity index (χ4n) is 3.51. The van der Waals surface area contributed by atoms with Gasteiger partial charge in [-0.3, -0.25) is 0 Å². The normalized spacial score (nSPS) is 15.6. The van der Waals surface area contributed by atoms with Crippen molar-refractivity contribution in [2.75, 3.05) is 6.61 Å². The number of ether oxygens (including phenoxy) is 1. The van der Waals surface area contributed by atoms with Crippen LogP contribution in [0.15, 0.2) is 41.4 Å². The number of aromatic carboxylic acids is 1. The van der Waals surface area contributed by atoms with Gasteiger partial charge in [-0.05, 0) is 49.7 Å². The predicted octanol–water partition coefficient (Wildman–Crippen LogP) is 4.56. The number of carboxylic acid groups (broad SMARTS) is 1. The molecule has 3 aromatic rings. The average molecular weight is 414 g/mol. The van der Waals surface area contributed by atoms with Crippen LogP contribution in [-0.2, 0) is 17.5 Å². The Bertz CT molecular complexity index is 1180. The number of hydrogen-bond donors (Lipinski definition) is 1. The maximum Gasteiger partial charge on any atom is 0.416 e. The third-order valence-corrected chi connectivity index (χ3v) is 4.80. The molecule has 0 amide bonds. The monoisotopic (exact) mass is 414 g/mol. The van der Waals surface area contributed by atoms with Gasteiger partial charge in [-0.25, -0.2) is 9.79 Å². The maximum absolute atomic E-state index is 13.1. The van der Waals surface area contributed by atoms with E-state index in [9.17, 15) is 23.1 Å². The first-order valence-electron chi connectivity index (χ1n) is 9.14. The van der Waals surface area contributed by atoms with Crippen molar-refractivity contribution in [3.05, 3.63) is 70.9 Å². The zero-order valence-electron chi connectivity index (χ0n) is 16.2. The highest BCUT2D eigenvalue weighted by molar-refractivity contribution is 6.14. The number of hydrogen-bond acceptors (Lipinski definition) is 3. The summed E-state index contributed by atoms with van der Waals surface area (Å²) in [6.07, 6.45) is -4.49. The summed E-state index contributed by atoms with van der Waals surface area (Å²) < 4.78 is 46.4. The summed E-state index contributed by atoms with van der Waals surface area (Å²) in [6, 6.07) is 13.7. The lowest BCUT2D eigenvalue weighted by atomic mass is 10.1. The van der Waals surface area contributed by atoms with Gasteiger partial charge in [0.25, 0.3) is 0 Å². The van der Waals surface area contributed by atoms with E-state index in [-0.39, 0.29) is 18.1 Å². The molecular formula is C22H17F3N2O3. The number of fused-ring (bicyclic) bond motifs is 1. The van der Waals surface area contributed by atoms with E-state index in [1.807, 2.05) is 13.8 Å². The quantitative estimate of drug-likeness (QED) is 0.681. The average Bonchev–Trinajstić information content (AvgIpc) is 3.19. The van der Waals surface area contributed by atoms with Gasteiger partial charge in [0.15, 0.2) is 0 Å². The summed E-state index contributed by atoms with van der Waals surface area (Å²) in [6.45, 7) is 3.93. The van der Waals surface area contributed by atoms with Crippen LogP contribution in [0.4, 0.5) is 13.2 Å². The molecule has 5 nitrogen and oxygen atoms in total. The highest BCUT2D eigenvalue weighted by Gasteiger charge is 2.34. The van der Waals surface area contributed by atoms with Gasteiger partial charge in [0, 0.05) is 11.9 Å².